The van der Waals surface area contributed by atoms with E-state index in [1.807, 2.05) is 0 Å². The van der Waals surface area contributed by atoms with Crippen LogP contribution >= 0.6 is 0 Å². The first-order chi connectivity index (χ1) is 5.45. The van der Waals surface area contributed by atoms with Crippen molar-refractivity contribution in [2.24, 2.45) is 0 Å². The van der Waals surface area contributed by atoms with E-state index < -0.39 is 0 Å². The summed E-state index contributed by atoms with van der Waals surface area (Å²) in [5.41, 5.74) is 0. The van der Waals surface area contributed by atoms with E-state index in [2.05, 4.69) is 10.6 Å². The molecule has 1 atom stereocenters. The Morgan fingerprint density at radius 1 is 1.00 bits per heavy atom. The van der Waals surface area contributed by atoms with Crippen molar-refractivity contribution in [3.05, 3.63) is 0 Å². The molecule has 2 N–H and O–H groups in total. The van der Waals surface area contributed by atoms with Crippen LogP contribution in [0.2, 0.25) is 0 Å². The third-order valence-electron chi connectivity index (χ3n) is 2.85. The lowest BCUT2D eigenvalue weighted by atomic mass is 10.2. The molecule has 1 aliphatic heterocycles. The smallest absolute Gasteiger partial charge is 0.0574 e. The molecule has 1 unspecified atom stereocenters. The first-order valence-electron chi connectivity index (χ1n) is 4.94. The Kier molecular flexibility index (Phi) is 2.44. The Bertz CT molecular complexity index is 98.7. The van der Waals surface area contributed by atoms with E-state index in [9.17, 15) is 0 Å². The second-order valence-corrected chi connectivity index (χ2v) is 3.80. The summed E-state index contributed by atoms with van der Waals surface area (Å²) < 4.78 is 0. The number of hydrogen-bond acceptors (Lipinski definition) is 2. The molecule has 0 spiro atoms. The largest absolute Gasteiger partial charge is 0.302 e. The van der Waals surface area contributed by atoms with Crippen molar-refractivity contribution in [2.75, 3.05) is 6.54 Å². The summed E-state index contributed by atoms with van der Waals surface area (Å²) in [5, 5.41) is 7.14. The normalized spacial score (nSPS) is 33.3. The van der Waals surface area contributed by atoms with Gasteiger partial charge in [-0.1, -0.05) is 12.8 Å². The number of hydrogen-bond donors (Lipinski definition) is 2. The summed E-state index contributed by atoms with van der Waals surface area (Å²) in [7, 11) is 0. The van der Waals surface area contributed by atoms with Gasteiger partial charge in [-0.2, -0.15) is 0 Å². The molecule has 2 aliphatic rings. The van der Waals surface area contributed by atoms with E-state index in [0.717, 1.165) is 6.04 Å². The van der Waals surface area contributed by atoms with Crippen LogP contribution in [-0.4, -0.2) is 18.8 Å². The van der Waals surface area contributed by atoms with Crippen LogP contribution in [0.25, 0.3) is 0 Å². The highest BCUT2D eigenvalue weighted by atomic mass is 15.2. The fraction of sp³-hybridized carbons (Fsp3) is 1.00. The summed E-state index contributed by atoms with van der Waals surface area (Å²) in [6.07, 6.45) is 8.99. The molecule has 0 aromatic carbocycles. The van der Waals surface area contributed by atoms with Crippen LogP contribution in [0.1, 0.15) is 38.5 Å². The molecule has 1 heterocycles. The maximum absolute atomic E-state index is 3.67. The zero-order valence-corrected chi connectivity index (χ0v) is 7.10. The van der Waals surface area contributed by atoms with E-state index >= 15 is 0 Å². The van der Waals surface area contributed by atoms with Gasteiger partial charge in [0, 0.05) is 6.04 Å². The highest BCUT2D eigenvalue weighted by Crippen LogP contribution is 2.18. The minimum absolute atomic E-state index is 0.637. The molecule has 0 aromatic rings. The molecule has 64 valence electrons. The molecule has 0 aromatic heterocycles. The minimum Gasteiger partial charge on any atom is -0.302 e. The Morgan fingerprint density at radius 2 is 1.82 bits per heavy atom. The molecule has 1 saturated heterocycles. The summed E-state index contributed by atoms with van der Waals surface area (Å²) in [6, 6.07) is 0.825. The molecule has 0 amide bonds. The minimum atomic E-state index is 0.637. The van der Waals surface area contributed by atoms with Gasteiger partial charge in [-0.3, -0.25) is 5.32 Å². The van der Waals surface area contributed by atoms with Crippen molar-refractivity contribution in [1.82, 2.24) is 10.6 Å². The van der Waals surface area contributed by atoms with Crippen LogP contribution in [0.3, 0.4) is 0 Å². The predicted molar refractivity (Wildman–Crippen MR) is 46.4 cm³/mol. The van der Waals surface area contributed by atoms with E-state index in [1.54, 1.807) is 0 Å². The first-order valence-corrected chi connectivity index (χ1v) is 4.94. The van der Waals surface area contributed by atoms with Crippen molar-refractivity contribution < 1.29 is 0 Å². The summed E-state index contributed by atoms with van der Waals surface area (Å²) in [5.74, 6) is 0. The monoisotopic (exact) mass is 154 g/mol. The number of nitrogens with one attached hydrogen (secondary N) is 2. The van der Waals surface area contributed by atoms with Gasteiger partial charge in [0.1, 0.15) is 0 Å². The second kappa shape index (κ2) is 3.55. The maximum Gasteiger partial charge on any atom is 0.0574 e. The van der Waals surface area contributed by atoms with Crippen molar-refractivity contribution in [3.63, 3.8) is 0 Å². The topological polar surface area (TPSA) is 24.1 Å². The molecule has 2 rings (SSSR count). The quantitative estimate of drug-likeness (QED) is 0.625. The molecule has 1 aliphatic carbocycles. The van der Waals surface area contributed by atoms with Gasteiger partial charge in [-0.25, -0.2) is 0 Å². The Morgan fingerprint density at radius 3 is 2.45 bits per heavy atom. The second-order valence-electron chi connectivity index (χ2n) is 3.80. The maximum atomic E-state index is 3.67. The average molecular weight is 154 g/mol. The van der Waals surface area contributed by atoms with Crippen molar-refractivity contribution >= 4 is 0 Å². The molecule has 2 nitrogen and oxygen atoms in total. The van der Waals surface area contributed by atoms with Gasteiger partial charge in [-0.15, -0.1) is 0 Å². The van der Waals surface area contributed by atoms with Gasteiger partial charge in [0.05, 0.1) is 6.17 Å². The molecule has 0 bridgehead atoms. The third-order valence-corrected chi connectivity index (χ3v) is 2.85. The van der Waals surface area contributed by atoms with Gasteiger partial charge >= 0.3 is 0 Å². The lowest BCUT2D eigenvalue weighted by molar-refractivity contribution is 0.408. The van der Waals surface area contributed by atoms with Crippen LogP contribution in [0.5, 0.6) is 0 Å². The van der Waals surface area contributed by atoms with Crippen molar-refractivity contribution in [2.45, 2.75) is 50.7 Å². The molecule has 2 fully saturated rings. The zero-order chi connectivity index (χ0) is 7.52. The molecule has 2 heteroatoms. The van der Waals surface area contributed by atoms with Crippen LogP contribution in [0.15, 0.2) is 0 Å². The first kappa shape index (κ1) is 7.56. The van der Waals surface area contributed by atoms with Gasteiger partial charge in [-0.05, 0) is 32.2 Å². The van der Waals surface area contributed by atoms with Crippen LogP contribution < -0.4 is 10.6 Å². The average Bonchev–Trinajstić information content (AvgIpc) is 2.60. The Labute approximate surface area is 68.7 Å². The summed E-state index contributed by atoms with van der Waals surface area (Å²) in [6.45, 7) is 1.21. The highest BCUT2D eigenvalue weighted by molar-refractivity contribution is 4.80. The molecule has 0 radical (unpaired) electrons. The fourth-order valence-corrected chi connectivity index (χ4v) is 2.20. The Balaban J connectivity index is 1.71. The van der Waals surface area contributed by atoms with Gasteiger partial charge in [0.2, 0.25) is 0 Å². The predicted octanol–water partition coefficient (Wildman–Crippen LogP) is 1.23. The van der Waals surface area contributed by atoms with E-state index in [4.69, 9.17) is 0 Å². The van der Waals surface area contributed by atoms with Gasteiger partial charge < -0.3 is 5.32 Å². The van der Waals surface area contributed by atoms with Crippen LogP contribution in [0.4, 0.5) is 0 Å². The van der Waals surface area contributed by atoms with Gasteiger partial charge in [0.15, 0.2) is 0 Å². The third kappa shape index (κ3) is 1.94. The lowest BCUT2D eigenvalue weighted by Gasteiger charge is -2.18. The van der Waals surface area contributed by atoms with E-state index in [1.165, 1.54) is 45.1 Å². The van der Waals surface area contributed by atoms with Gasteiger partial charge in [0.25, 0.3) is 0 Å². The Hall–Kier alpha value is -0.0800. The lowest BCUT2D eigenvalue weighted by Crippen LogP contribution is -2.42. The standard InChI is InChI=1S/C9H18N2/c1-2-5-8(4-1)11-9-6-3-7-10-9/h8-11H,1-7H2. The molecular weight excluding hydrogens is 136 g/mol. The number of rotatable bonds is 2. The van der Waals surface area contributed by atoms with E-state index in [-0.39, 0.29) is 0 Å². The highest BCUT2D eigenvalue weighted by Gasteiger charge is 2.20. The van der Waals surface area contributed by atoms with Crippen LogP contribution in [0, 0.1) is 0 Å². The fourth-order valence-electron chi connectivity index (χ4n) is 2.20. The summed E-state index contributed by atoms with van der Waals surface area (Å²) in [4.78, 5) is 0. The van der Waals surface area contributed by atoms with Crippen LogP contribution in [-0.2, 0) is 0 Å². The zero-order valence-electron chi connectivity index (χ0n) is 7.10. The molecular formula is C9H18N2. The van der Waals surface area contributed by atoms with Crippen molar-refractivity contribution in [3.8, 4) is 0 Å². The molecule has 11 heavy (non-hydrogen) atoms. The van der Waals surface area contributed by atoms with E-state index in [0.29, 0.717) is 6.17 Å². The molecule has 1 saturated carbocycles. The SMILES string of the molecule is C1CCC(NC2CCCN2)C1. The van der Waals surface area contributed by atoms with Crippen molar-refractivity contribution in [1.29, 1.82) is 0 Å². The summed E-state index contributed by atoms with van der Waals surface area (Å²) >= 11 is 0.